The van der Waals surface area contributed by atoms with E-state index in [1.807, 2.05) is 23.1 Å². The Balaban J connectivity index is 1.76. The Morgan fingerprint density at radius 1 is 1.14 bits per heavy atom. The first-order chi connectivity index (χ1) is 10.7. The molecule has 0 bridgehead atoms. The third kappa shape index (κ3) is 2.70. The number of nitrogens with zero attached hydrogens (tertiary/aromatic N) is 3. The maximum absolute atomic E-state index is 12.7. The molecule has 1 amide bonds. The SMILES string of the molecule is CCC1(CC)CCN(C(=O)c2ccc3ncccc3n2)CC1. The van der Waals surface area contributed by atoms with E-state index in [1.54, 1.807) is 12.3 Å². The van der Waals surface area contributed by atoms with E-state index in [2.05, 4.69) is 23.8 Å². The highest BCUT2D eigenvalue weighted by Crippen LogP contribution is 2.38. The molecule has 1 aliphatic rings. The Hall–Kier alpha value is -1.97. The van der Waals surface area contributed by atoms with E-state index in [0.29, 0.717) is 11.1 Å². The molecule has 0 aliphatic carbocycles. The van der Waals surface area contributed by atoms with Crippen LogP contribution in [0.15, 0.2) is 30.5 Å². The third-order valence-electron chi connectivity index (χ3n) is 5.29. The van der Waals surface area contributed by atoms with Crippen molar-refractivity contribution in [1.29, 1.82) is 0 Å². The first kappa shape index (κ1) is 14.9. The molecule has 22 heavy (non-hydrogen) atoms. The van der Waals surface area contributed by atoms with E-state index < -0.39 is 0 Å². The lowest BCUT2D eigenvalue weighted by Crippen LogP contribution is -2.43. The fourth-order valence-electron chi connectivity index (χ4n) is 3.38. The largest absolute Gasteiger partial charge is 0.337 e. The maximum atomic E-state index is 12.7. The summed E-state index contributed by atoms with van der Waals surface area (Å²) in [7, 11) is 0. The lowest BCUT2D eigenvalue weighted by atomic mass is 9.74. The average molecular weight is 297 g/mol. The molecule has 4 nitrogen and oxygen atoms in total. The molecule has 1 fully saturated rings. The highest BCUT2D eigenvalue weighted by molar-refractivity contribution is 5.94. The highest BCUT2D eigenvalue weighted by atomic mass is 16.2. The van der Waals surface area contributed by atoms with Crippen molar-refractivity contribution in [2.75, 3.05) is 13.1 Å². The second-order valence-electron chi connectivity index (χ2n) is 6.24. The smallest absolute Gasteiger partial charge is 0.272 e. The van der Waals surface area contributed by atoms with Crippen molar-refractivity contribution in [3.8, 4) is 0 Å². The summed E-state index contributed by atoms with van der Waals surface area (Å²) in [6.07, 6.45) is 6.34. The van der Waals surface area contributed by atoms with E-state index >= 15 is 0 Å². The lowest BCUT2D eigenvalue weighted by Gasteiger charge is -2.40. The normalized spacial score (nSPS) is 17.6. The molecule has 0 atom stereocenters. The minimum atomic E-state index is 0.0477. The summed E-state index contributed by atoms with van der Waals surface area (Å²) in [5, 5.41) is 0. The second-order valence-corrected chi connectivity index (χ2v) is 6.24. The van der Waals surface area contributed by atoms with Crippen LogP contribution in [0.25, 0.3) is 11.0 Å². The van der Waals surface area contributed by atoms with Crippen molar-refractivity contribution in [2.24, 2.45) is 5.41 Å². The van der Waals surface area contributed by atoms with Crippen LogP contribution < -0.4 is 0 Å². The molecule has 4 heteroatoms. The molecule has 0 radical (unpaired) electrons. The number of amides is 1. The number of hydrogen-bond donors (Lipinski definition) is 0. The van der Waals surface area contributed by atoms with Gasteiger partial charge in [-0.05, 0) is 42.5 Å². The van der Waals surface area contributed by atoms with Gasteiger partial charge in [-0.2, -0.15) is 0 Å². The van der Waals surface area contributed by atoms with Gasteiger partial charge in [-0.1, -0.05) is 26.7 Å². The van der Waals surface area contributed by atoms with Crippen LogP contribution >= 0.6 is 0 Å². The number of rotatable bonds is 3. The molecule has 0 N–H and O–H groups in total. The highest BCUT2D eigenvalue weighted by Gasteiger charge is 2.33. The predicted molar refractivity (Wildman–Crippen MR) is 87.7 cm³/mol. The van der Waals surface area contributed by atoms with Crippen molar-refractivity contribution < 1.29 is 4.79 Å². The van der Waals surface area contributed by atoms with Crippen molar-refractivity contribution in [1.82, 2.24) is 14.9 Å². The molecule has 2 aromatic rings. The summed E-state index contributed by atoms with van der Waals surface area (Å²) >= 11 is 0. The Kier molecular flexibility index (Phi) is 4.10. The molecule has 0 unspecified atom stereocenters. The van der Waals surface area contributed by atoms with Gasteiger partial charge in [0.1, 0.15) is 5.69 Å². The van der Waals surface area contributed by atoms with Gasteiger partial charge in [-0.15, -0.1) is 0 Å². The van der Waals surface area contributed by atoms with E-state index in [1.165, 1.54) is 12.8 Å². The first-order valence-corrected chi connectivity index (χ1v) is 8.18. The van der Waals surface area contributed by atoms with Gasteiger partial charge in [0.25, 0.3) is 5.91 Å². The van der Waals surface area contributed by atoms with Crippen LogP contribution in [0.4, 0.5) is 0 Å². The van der Waals surface area contributed by atoms with Crippen molar-refractivity contribution in [3.05, 3.63) is 36.2 Å². The van der Waals surface area contributed by atoms with Gasteiger partial charge >= 0.3 is 0 Å². The van der Waals surface area contributed by atoms with Crippen LogP contribution in [0, 0.1) is 5.41 Å². The van der Waals surface area contributed by atoms with Gasteiger partial charge in [0.2, 0.25) is 0 Å². The number of piperidine rings is 1. The van der Waals surface area contributed by atoms with Crippen LogP contribution in [-0.2, 0) is 0 Å². The summed E-state index contributed by atoms with van der Waals surface area (Å²) < 4.78 is 0. The molecular formula is C18H23N3O. The molecular weight excluding hydrogens is 274 g/mol. The molecule has 1 aliphatic heterocycles. The van der Waals surface area contributed by atoms with Gasteiger partial charge in [0, 0.05) is 19.3 Å². The van der Waals surface area contributed by atoms with E-state index in [-0.39, 0.29) is 5.91 Å². The third-order valence-corrected chi connectivity index (χ3v) is 5.29. The first-order valence-electron chi connectivity index (χ1n) is 8.18. The van der Waals surface area contributed by atoms with E-state index in [0.717, 1.165) is 37.0 Å². The average Bonchev–Trinajstić information content (AvgIpc) is 2.61. The van der Waals surface area contributed by atoms with E-state index in [9.17, 15) is 4.79 Å². The Bertz CT molecular complexity index is 669. The van der Waals surface area contributed by atoms with Crippen LogP contribution in [0.2, 0.25) is 0 Å². The van der Waals surface area contributed by atoms with Crippen molar-refractivity contribution >= 4 is 16.9 Å². The van der Waals surface area contributed by atoms with Crippen LogP contribution in [-0.4, -0.2) is 33.9 Å². The van der Waals surface area contributed by atoms with Crippen molar-refractivity contribution in [3.63, 3.8) is 0 Å². The fourth-order valence-corrected chi connectivity index (χ4v) is 3.38. The molecule has 0 aromatic carbocycles. The van der Waals surface area contributed by atoms with Crippen molar-refractivity contribution in [2.45, 2.75) is 39.5 Å². The molecule has 0 spiro atoms. The maximum Gasteiger partial charge on any atom is 0.272 e. The zero-order valence-electron chi connectivity index (χ0n) is 13.4. The zero-order valence-corrected chi connectivity index (χ0v) is 13.4. The number of pyridine rings is 2. The van der Waals surface area contributed by atoms with Gasteiger partial charge in [0.05, 0.1) is 11.0 Å². The van der Waals surface area contributed by atoms with E-state index in [4.69, 9.17) is 0 Å². The number of hydrogen-bond acceptors (Lipinski definition) is 3. The number of carbonyl (C=O) groups is 1. The lowest BCUT2D eigenvalue weighted by molar-refractivity contribution is 0.0552. The fraction of sp³-hybridized carbons (Fsp3) is 0.500. The second kappa shape index (κ2) is 6.03. The number of carbonyl (C=O) groups excluding carboxylic acids is 1. The molecule has 3 heterocycles. The molecule has 116 valence electrons. The monoisotopic (exact) mass is 297 g/mol. The minimum Gasteiger partial charge on any atom is -0.337 e. The van der Waals surface area contributed by atoms with Crippen LogP contribution in [0.1, 0.15) is 50.0 Å². The van der Waals surface area contributed by atoms with Gasteiger partial charge < -0.3 is 4.90 Å². The summed E-state index contributed by atoms with van der Waals surface area (Å²) in [6.45, 7) is 6.21. The topological polar surface area (TPSA) is 46.1 Å². The Morgan fingerprint density at radius 3 is 2.55 bits per heavy atom. The van der Waals surface area contributed by atoms with Crippen LogP contribution in [0.5, 0.6) is 0 Å². The molecule has 0 saturated carbocycles. The number of fused-ring (bicyclic) bond motifs is 1. The summed E-state index contributed by atoms with van der Waals surface area (Å²) in [4.78, 5) is 23.3. The molecule has 1 saturated heterocycles. The predicted octanol–water partition coefficient (Wildman–Crippen LogP) is 3.67. The molecule has 3 rings (SSSR count). The number of likely N-dealkylation sites (tertiary alicyclic amines) is 1. The Morgan fingerprint density at radius 2 is 1.86 bits per heavy atom. The summed E-state index contributed by atoms with van der Waals surface area (Å²) in [6, 6.07) is 7.41. The summed E-state index contributed by atoms with van der Waals surface area (Å²) in [5.74, 6) is 0.0477. The number of aromatic nitrogens is 2. The van der Waals surface area contributed by atoms with Gasteiger partial charge in [-0.3, -0.25) is 9.78 Å². The van der Waals surface area contributed by atoms with Gasteiger partial charge in [0.15, 0.2) is 0 Å². The van der Waals surface area contributed by atoms with Gasteiger partial charge in [-0.25, -0.2) is 4.98 Å². The standard InChI is InChI=1S/C18H23N3O/c1-3-18(4-2)9-12-21(13-10-18)17(22)16-8-7-14-15(20-16)6-5-11-19-14/h5-8,11H,3-4,9-10,12-13H2,1-2H3. The quantitative estimate of drug-likeness (QED) is 0.868. The molecule has 2 aromatic heterocycles. The zero-order chi connectivity index (χ0) is 15.6. The minimum absolute atomic E-state index is 0.0477. The summed E-state index contributed by atoms with van der Waals surface area (Å²) in [5.41, 5.74) is 2.56. The van der Waals surface area contributed by atoms with Crippen LogP contribution in [0.3, 0.4) is 0 Å². The Labute approximate surface area is 131 Å².